The zero-order valence-corrected chi connectivity index (χ0v) is 34.5. The molecule has 0 radical (unpaired) electrons. The van der Waals surface area contributed by atoms with Crippen molar-refractivity contribution in [1.29, 1.82) is 0 Å². The first-order valence-corrected chi connectivity index (χ1v) is 21.9. The SMILES string of the molecule is CC(C)n1nc(N2CCN(Cc3cc4c(cc3Br)C(=O)N(C3CCC(C(=O)C=O)NC3)C4)CC2)c2cnc(Nc3ccnc(-c4cnn(S(=O)(=O)C5CC5)c4)n3)cc21. The predicted octanol–water partition coefficient (Wildman–Crippen LogP) is 3.68. The number of piperazine rings is 1. The molecule has 58 heavy (non-hydrogen) atoms. The van der Waals surface area contributed by atoms with Gasteiger partial charge in [-0.2, -0.15) is 14.3 Å². The van der Waals surface area contributed by atoms with Gasteiger partial charge in [0.2, 0.25) is 5.78 Å². The molecule has 302 valence electrons. The smallest absolute Gasteiger partial charge is 0.256 e. The predicted molar refractivity (Wildman–Crippen MR) is 219 cm³/mol. The Kier molecular flexibility index (Phi) is 10.1. The second-order valence-electron chi connectivity index (χ2n) is 15.7. The average Bonchev–Trinajstić information content (AvgIpc) is 3.73. The molecule has 4 aromatic heterocycles. The molecule has 5 aromatic rings. The second-order valence-corrected chi connectivity index (χ2v) is 18.6. The number of halogens is 1. The van der Waals surface area contributed by atoms with E-state index in [1.54, 1.807) is 12.3 Å². The highest BCUT2D eigenvalue weighted by atomic mass is 79.9. The summed E-state index contributed by atoms with van der Waals surface area (Å²) >= 11 is 3.75. The molecule has 0 spiro atoms. The fraction of sp³-hybridized carbons (Fsp3) is 0.436. The van der Waals surface area contributed by atoms with E-state index in [1.165, 1.54) is 12.4 Å². The van der Waals surface area contributed by atoms with Gasteiger partial charge in [0.1, 0.15) is 11.6 Å². The molecule has 4 aliphatic rings. The van der Waals surface area contributed by atoms with Crippen LogP contribution in [0.15, 0.2) is 53.5 Å². The highest BCUT2D eigenvalue weighted by Crippen LogP contribution is 2.35. The van der Waals surface area contributed by atoms with Crippen LogP contribution in [0.2, 0.25) is 0 Å². The van der Waals surface area contributed by atoms with Gasteiger partial charge in [-0.1, -0.05) is 22.0 Å². The lowest BCUT2D eigenvalue weighted by Gasteiger charge is -2.35. The number of pyridine rings is 1. The molecule has 9 rings (SSSR count). The van der Waals surface area contributed by atoms with Crippen LogP contribution in [0.4, 0.5) is 17.5 Å². The van der Waals surface area contributed by atoms with E-state index in [0.717, 1.165) is 69.1 Å². The van der Waals surface area contributed by atoms with E-state index in [4.69, 9.17) is 10.1 Å². The Morgan fingerprint density at radius 3 is 2.59 bits per heavy atom. The van der Waals surface area contributed by atoms with Crippen molar-refractivity contribution in [2.75, 3.05) is 42.9 Å². The van der Waals surface area contributed by atoms with Crippen LogP contribution in [0.3, 0.4) is 0 Å². The molecule has 2 atom stereocenters. The number of hydrogen-bond acceptors (Lipinski definition) is 14. The van der Waals surface area contributed by atoms with Gasteiger partial charge in [-0.3, -0.25) is 24.0 Å². The molecule has 3 aliphatic heterocycles. The molecule has 1 aliphatic carbocycles. The Hall–Kier alpha value is -5.11. The molecule has 7 heterocycles. The molecule has 2 saturated heterocycles. The summed E-state index contributed by atoms with van der Waals surface area (Å²) in [7, 11) is -3.50. The monoisotopic (exact) mass is 870 g/mol. The summed E-state index contributed by atoms with van der Waals surface area (Å²) in [5, 5.41) is 16.2. The first kappa shape index (κ1) is 38.4. The van der Waals surface area contributed by atoms with Crippen molar-refractivity contribution >= 4 is 72.3 Å². The summed E-state index contributed by atoms with van der Waals surface area (Å²) in [6, 6.07) is 7.39. The van der Waals surface area contributed by atoms with E-state index in [0.29, 0.717) is 73.6 Å². The van der Waals surface area contributed by atoms with Crippen molar-refractivity contribution in [2.45, 2.75) is 76.0 Å². The van der Waals surface area contributed by atoms with Crippen LogP contribution in [-0.4, -0.2) is 120 Å². The van der Waals surface area contributed by atoms with Gasteiger partial charge in [-0.25, -0.2) is 23.4 Å². The van der Waals surface area contributed by atoms with E-state index in [1.807, 2.05) is 27.9 Å². The van der Waals surface area contributed by atoms with Gasteiger partial charge in [-0.05, 0) is 62.8 Å². The number of fused-ring (bicyclic) bond motifs is 2. The number of benzene rings is 1. The third kappa shape index (κ3) is 7.28. The lowest BCUT2D eigenvalue weighted by atomic mass is 9.97. The van der Waals surface area contributed by atoms with Crippen LogP contribution >= 0.6 is 15.9 Å². The molecule has 1 aromatic carbocycles. The standard InChI is InChI=1S/C39H43BrN12O5S/c1-23(2)52-33-15-36(45-35-7-8-41-37(46-35)26-16-44-51(21-26)58(56,57)28-4-5-28)43-18-30(33)38(47-52)49-11-9-48(10-12-49)19-25-13-24-20-50(39(55)29(24)14-31(25)40)27-3-6-32(42-17-27)34(54)22-53/h7-8,13-16,18,21-23,27-28,32,42H,3-6,9-12,17,19-20H2,1-2H3,(H,41,43,45,46). The van der Waals surface area contributed by atoms with Crippen molar-refractivity contribution in [1.82, 2.24) is 49.0 Å². The Labute approximate surface area is 343 Å². The molecule has 3 fully saturated rings. The largest absolute Gasteiger partial charge is 0.352 e. The number of ketones is 1. The maximum Gasteiger partial charge on any atom is 0.256 e. The quantitative estimate of drug-likeness (QED) is 0.136. The molecular formula is C39H43BrN12O5S. The minimum Gasteiger partial charge on any atom is -0.352 e. The Morgan fingerprint density at radius 1 is 1.05 bits per heavy atom. The first-order chi connectivity index (χ1) is 28.0. The second kappa shape index (κ2) is 15.2. The fourth-order valence-corrected chi connectivity index (χ4v) is 10.1. The first-order valence-electron chi connectivity index (χ1n) is 19.6. The lowest BCUT2D eigenvalue weighted by Crippen LogP contribution is -2.52. The van der Waals surface area contributed by atoms with Crippen molar-refractivity contribution in [3.63, 3.8) is 0 Å². The summed E-state index contributed by atoms with van der Waals surface area (Å²) in [6.07, 6.45) is 9.26. The number of aldehydes is 1. The van der Waals surface area contributed by atoms with E-state index in [-0.39, 0.29) is 23.2 Å². The molecule has 2 N–H and O–H groups in total. The molecule has 17 nitrogen and oxygen atoms in total. The van der Waals surface area contributed by atoms with Crippen molar-refractivity contribution in [3.8, 4) is 11.4 Å². The Morgan fingerprint density at radius 2 is 1.86 bits per heavy atom. The average molecular weight is 872 g/mol. The van der Waals surface area contributed by atoms with Gasteiger partial charge in [0.25, 0.3) is 15.9 Å². The summed E-state index contributed by atoms with van der Waals surface area (Å²) in [5.41, 5.74) is 4.29. The maximum atomic E-state index is 13.4. The number of amides is 1. The third-order valence-electron chi connectivity index (χ3n) is 11.5. The summed E-state index contributed by atoms with van der Waals surface area (Å²) < 4.78 is 29.2. The number of Topliss-reactive ketones (excluding diaryl/α,β-unsaturated/α-hetero) is 1. The van der Waals surface area contributed by atoms with E-state index < -0.39 is 21.8 Å². The summed E-state index contributed by atoms with van der Waals surface area (Å²) in [6.45, 7) is 9.16. The molecule has 0 bridgehead atoms. The summed E-state index contributed by atoms with van der Waals surface area (Å²) in [4.78, 5) is 56.5. The van der Waals surface area contributed by atoms with Crippen LogP contribution in [0, 0.1) is 0 Å². The number of carbonyl (C=O) groups excluding carboxylic acids is 3. The van der Waals surface area contributed by atoms with Crippen LogP contribution in [0.25, 0.3) is 22.3 Å². The lowest BCUT2D eigenvalue weighted by molar-refractivity contribution is -0.131. The number of piperidine rings is 1. The van der Waals surface area contributed by atoms with Gasteiger partial charge in [0.05, 0.1) is 40.2 Å². The van der Waals surface area contributed by atoms with Crippen LogP contribution in [-0.2, 0) is 32.7 Å². The number of rotatable bonds is 12. The van der Waals surface area contributed by atoms with Crippen LogP contribution in [0.5, 0.6) is 0 Å². The minimum absolute atomic E-state index is 0.000640. The number of hydrogen-bond donors (Lipinski definition) is 2. The van der Waals surface area contributed by atoms with Gasteiger partial charge in [-0.15, -0.1) is 0 Å². The van der Waals surface area contributed by atoms with Gasteiger partial charge >= 0.3 is 0 Å². The highest BCUT2D eigenvalue weighted by molar-refractivity contribution is 9.10. The topological polar surface area (TPSA) is 193 Å². The van der Waals surface area contributed by atoms with Crippen molar-refractivity contribution < 1.29 is 22.8 Å². The normalized spacial score (nSPS) is 20.2. The van der Waals surface area contributed by atoms with Gasteiger partial charge in [0.15, 0.2) is 17.9 Å². The molecular weight excluding hydrogens is 828 g/mol. The molecule has 19 heteroatoms. The third-order valence-corrected chi connectivity index (χ3v) is 14.2. The van der Waals surface area contributed by atoms with Gasteiger partial charge < -0.3 is 20.4 Å². The fourth-order valence-electron chi connectivity index (χ4n) is 8.10. The van der Waals surface area contributed by atoms with E-state index >= 15 is 0 Å². The molecule has 2 unspecified atom stereocenters. The van der Waals surface area contributed by atoms with Crippen molar-refractivity contribution in [3.05, 3.63) is 70.2 Å². The van der Waals surface area contributed by atoms with E-state index in [2.05, 4.69) is 71.3 Å². The number of nitrogens with one attached hydrogen (secondary N) is 2. The van der Waals surface area contributed by atoms with Crippen molar-refractivity contribution in [2.24, 2.45) is 0 Å². The summed E-state index contributed by atoms with van der Waals surface area (Å²) in [5.74, 6) is 1.89. The highest BCUT2D eigenvalue weighted by Gasteiger charge is 2.38. The minimum atomic E-state index is -3.50. The number of nitrogens with zero attached hydrogens (tertiary/aromatic N) is 10. The maximum absolute atomic E-state index is 13.4. The van der Waals surface area contributed by atoms with E-state index in [9.17, 15) is 22.8 Å². The Bertz CT molecular complexity index is 2540. The zero-order chi connectivity index (χ0) is 40.3. The van der Waals surface area contributed by atoms with Crippen LogP contribution < -0.4 is 15.5 Å². The Balaban J connectivity index is 0.853. The number of carbonyl (C=O) groups is 3. The molecule has 1 saturated carbocycles. The number of aromatic nitrogens is 7. The zero-order valence-electron chi connectivity index (χ0n) is 32.1. The van der Waals surface area contributed by atoms with Crippen LogP contribution in [0.1, 0.15) is 67.1 Å². The van der Waals surface area contributed by atoms with Gasteiger partial charge in [0, 0.05) is 86.4 Å². The number of anilines is 3. The molecule has 1 amide bonds.